The fourth-order valence-electron chi connectivity index (χ4n) is 3.67. The molecule has 2 fully saturated rings. The molecule has 2 heterocycles. The van der Waals surface area contributed by atoms with Crippen LogP contribution in [0.5, 0.6) is 0 Å². The maximum atomic E-state index is 3.70. The van der Waals surface area contributed by atoms with Crippen molar-refractivity contribution in [1.82, 2.24) is 10.2 Å². The summed E-state index contributed by atoms with van der Waals surface area (Å²) in [6.45, 7) is 5.14. The van der Waals surface area contributed by atoms with Gasteiger partial charge in [0.05, 0.1) is 0 Å². The predicted molar refractivity (Wildman–Crippen MR) is 80.3 cm³/mol. The second-order valence-corrected chi connectivity index (χ2v) is 6.14. The Kier molecular flexibility index (Phi) is 4.52. The van der Waals surface area contributed by atoms with E-state index in [-0.39, 0.29) is 0 Å². The van der Waals surface area contributed by atoms with Crippen molar-refractivity contribution in [3.63, 3.8) is 0 Å². The Morgan fingerprint density at radius 1 is 1.16 bits per heavy atom. The van der Waals surface area contributed by atoms with Gasteiger partial charge in [-0.1, -0.05) is 30.3 Å². The van der Waals surface area contributed by atoms with Crippen LogP contribution < -0.4 is 5.32 Å². The Labute approximate surface area is 117 Å². The van der Waals surface area contributed by atoms with E-state index in [9.17, 15) is 0 Å². The SMILES string of the molecule is c1ccc(CCCN2CC[C@H]3NCCC[C@H]3C2)cc1. The van der Waals surface area contributed by atoms with Crippen molar-refractivity contribution in [2.24, 2.45) is 5.92 Å². The molecule has 0 radical (unpaired) electrons. The van der Waals surface area contributed by atoms with Crippen molar-refractivity contribution in [3.05, 3.63) is 35.9 Å². The van der Waals surface area contributed by atoms with Gasteiger partial charge in [0.1, 0.15) is 0 Å². The molecule has 0 aliphatic carbocycles. The maximum Gasteiger partial charge on any atom is 0.0120 e. The fraction of sp³-hybridized carbons (Fsp3) is 0.647. The Hall–Kier alpha value is -0.860. The van der Waals surface area contributed by atoms with E-state index in [1.165, 1.54) is 63.8 Å². The van der Waals surface area contributed by atoms with Crippen LogP contribution in [0, 0.1) is 5.92 Å². The van der Waals surface area contributed by atoms with Gasteiger partial charge in [0.25, 0.3) is 0 Å². The summed E-state index contributed by atoms with van der Waals surface area (Å²) in [6, 6.07) is 11.7. The molecule has 3 rings (SSSR count). The summed E-state index contributed by atoms with van der Waals surface area (Å²) >= 11 is 0. The highest BCUT2D eigenvalue weighted by Gasteiger charge is 2.30. The molecule has 104 valence electrons. The lowest BCUT2D eigenvalue weighted by Gasteiger charge is -2.41. The van der Waals surface area contributed by atoms with Crippen LogP contribution in [0.1, 0.15) is 31.2 Å². The molecule has 1 N–H and O–H groups in total. The molecule has 2 nitrogen and oxygen atoms in total. The van der Waals surface area contributed by atoms with Gasteiger partial charge in [-0.25, -0.2) is 0 Å². The molecular weight excluding hydrogens is 232 g/mol. The molecule has 0 aromatic heterocycles. The largest absolute Gasteiger partial charge is 0.314 e. The van der Waals surface area contributed by atoms with Crippen LogP contribution in [0.3, 0.4) is 0 Å². The van der Waals surface area contributed by atoms with Crippen LogP contribution in [-0.4, -0.2) is 37.1 Å². The number of piperidine rings is 2. The average Bonchev–Trinajstić information content (AvgIpc) is 2.48. The van der Waals surface area contributed by atoms with Crippen molar-refractivity contribution in [1.29, 1.82) is 0 Å². The Bertz CT molecular complexity index is 376. The van der Waals surface area contributed by atoms with Gasteiger partial charge >= 0.3 is 0 Å². The van der Waals surface area contributed by atoms with Crippen molar-refractivity contribution in [2.75, 3.05) is 26.2 Å². The van der Waals surface area contributed by atoms with Crippen LogP contribution in [0.4, 0.5) is 0 Å². The number of aryl methyl sites for hydroxylation is 1. The highest BCUT2D eigenvalue weighted by atomic mass is 15.1. The molecule has 2 aliphatic rings. The number of likely N-dealkylation sites (tertiary alicyclic amines) is 1. The van der Waals surface area contributed by atoms with E-state index >= 15 is 0 Å². The van der Waals surface area contributed by atoms with Crippen LogP contribution in [0.15, 0.2) is 30.3 Å². The van der Waals surface area contributed by atoms with E-state index in [0.717, 1.165) is 12.0 Å². The number of fused-ring (bicyclic) bond motifs is 1. The van der Waals surface area contributed by atoms with Crippen LogP contribution >= 0.6 is 0 Å². The van der Waals surface area contributed by atoms with Crippen LogP contribution in [-0.2, 0) is 6.42 Å². The molecule has 0 bridgehead atoms. The molecular formula is C17H26N2. The molecule has 19 heavy (non-hydrogen) atoms. The number of hydrogen-bond donors (Lipinski definition) is 1. The lowest BCUT2D eigenvalue weighted by molar-refractivity contribution is 0.113. The van der Waals surface area contributed by atoms with Gasteiger partial charge in [-0.15, -0.1) is 0 Å². The number of rotatable bonds is 4. The number of benzene rings is 1. The van der Waals surface area contributed by atoms with E-state index in [1.54, 1.807) is 0 Å². The van der Waals surface area contributed by atoms with E-state index in [1.807, 2.05) is 0 Å². The summed E-state index contributed by atoms with van der Waals surface area (Å²) < 4.78 is 0. The zero-order chi connectivity index (χ0) is 12.9. The Balaban J connectivity index is 1.41. The lowest BCUT2D eigenvalue weighted by Crippen LogP contribution is -2.52. The first-order chi connectivity index (χ1) is 9.42. The third-order valence-electron chi connectivity index (χ3n) is 4.76. The first kappa shape index (κ1) is 13.1. The van der Waals surface area contributed by atoms with E-state index < -0.39 is 0 Å². The van der Waals surface area contributed by atoms with Gasteiger partial charge < -0.3 is 10.2 Å². The third kappa shape index (κ3) is 3.58. The first-order valence-corrected chi connectivity index (χ1v) is 7.91. The topological polar surface area (TPSA) is 15.3 Å². The molecule has 2 atom stereocenters. The smallest absolute Gasteiger partial charge is 0.0120 e. The van der Waals surface area contributed by atoms with Crippen LogP contribution in [0.25, 0.3) is 0 Å². The summed E-state index contributed by atoms with van der Waals surface area (Å²) in [5, 5.41) is 3.70. The Morgan fingerprint density at radius 2 is 2.05 bits per heavy atom. The minimum atomic E-state index is 0.819. The standard InChI is InChI=1S/C17H26N2/c1-2-6-15(7-3-1)8-5-12-19-13-10-17-16(14-19)9-4-11-18-17/h1-3,6-7,16-18H,4-5,8-14H2/t16-,17+/m0/s1. The first-order valence-electron chi connectivity index (χ1n) is 7.91. The van der Waals surface area contributed by atoms with Gasteiger partial charge in [0, 0.05) is 12.6 Å². The highest BCUT2D eigenvalue weighted by molar-refractivity contribution is 5.14. The van der Waals surface area contributed by atoms with E-state index in [0.29, 0.717) is 0 Å². The number of hydrogen-bond acceptors (Lipinski definition) is 2. The minimum Gasteiger partial charge on any atom is -0.314 e. The van der Waals surface area contributed by atoms with Crippen molar-refractivity contribution in [2.45, 2.75) is 38.1 Å². The molecule has 0 amide bonds. The Morgan fingerprint density at radius 3 is 2.95 bits per heavy atom. The summed E-state index contributed by atoms with van der Waals surface area (Å²) in [5.74, 6) is 0.916. The molecule has 1 aromatic rings. The summed E-state index contributed by atoms with van der Waals surface area (Å²) in [7, 11) is 0. The lowest BCUT2D eigenvalue weighted by atomic mass is 9.85. The minimum absolute atomic E-state index is 0.819. The van der Waals surface area contributed by atoms with Crippen LogP contribution in [0.2, 0.25) is 0 Å². The normalized spacial score (nSPS) is 28.0. The van der Waals surface area contributed by atoms with Gasteiger partial charge in [0.15, 0.2) is 0 Å². The van der Waals surface area contributed by atoms with Gasteiger partial charge in [0.2, 0.25) is 0 Å². The summed E-state index contributed by atoms with van der Waals surface area (Å²) in [4.78, 5) is 2.69. The molecule has 0 saturated carbocycles. The van der Waals surface area contributed by atoms with Crippen molar-refractivity contribution >= 4 is 0 Å². The monoisotopic (exact) mass is 258 g/mol. The fourth-order valence-corrected chi connectivity index (χ4v) is 3.67. The zero-order valence-corrected chi connectivity index (χ0v) is 11.9. The molecule has 2 heteroatoms. The molecule has 1 aromatic carbocycles. The van der Waals surface area contributed by atoms with E-state index in [2.05, 4.69) is 40.5 Å². The number of nitrogens with one attached hydrogen (secondary N) is 1. The quantitative estimate of drug-likeness (QED) is 0.893. The molecule has 0 spiro atoms. The van der Waals surface area contributed by atoms with Gasteiger partial charge in [-0.3, -0.25) is 0 Å². The zero-order valence-electron chi connectivity index (χ0n) is 11.9. The van der Waals surface area contributed by atoms with E-state index in [4.69, 9.17) is 0 Å². The maximum absolute atomic E-state index is 3.70. The molecule has 2 aliphatic heterocycles. The average molecular weight is 258 g/mol. The summed E-state index contributed by atoms with van der Waals surface area (Å²) in [5.41, 5.74) is 1.48. The third-order valence-corrected chi connectivity index (χ3v) is 4.76. The second-order valence-electron chi connectivity index (χ2n) is 6.14. The molecule has 0 unspecified atom stereocenters. The molecule has 2 saturated heterocycles. The van der Waals surface area contributed by atoms with Crippen molar-refractivity contribution < 1.29 is 0 Å². The van der Waals surface area contributed by atoms with Gasteiger partial charge in [-0.2, -0.15) is 0 Å². The van der Waals surface area contributed by atoms with Crippen molar-refractivity contribution in [3.8, 4) is 0 Å². The van der Waals surface area contributed by atoms with Gasteiger partial charge in [-0.05, 0) is 63.2 Å². The predicted octanol–water partition coefficient (Wildman–Crippen LogP) is 2.69. The highest BCUT2D eigenvalue weighted by Crippen LogP contribution is 2.24. The second kappa shape index (κ2) is 6.53. The number of nitrogens with zero attached hydrogens (tertiary/aromatic N) is 1. The summed E-state index contributed by atoms with van der Waals surface area (Å²) in [6.07, 6.45) is 6.69.